The summed E-state index contributed by atoms with van der Waals surface area (Å²) >= 11 is 1.68. The minimum atomic E-state index is -0.314. The summed E-state index contributed by atoms with van der Waals surface area (Å²) in [4.78, 5) is 18.1. The number of hydroxylamine groups is 1. The maximum atomic E-state index is 12.5. The number of carbonyl (C=O) groups is 1. The lowest BCUT2D eigenvalue weighted by atomic mass is 9.89. The Morgan fingerprint density at radius 3 is 2.85 bits per heavy atom. The molecule has 5 N–H and O–H groups in total. The lowest BCUT2D eigenvalue weighted by Gasteiger charge is -2.26. The zero-order valence-corrected chi connectivity index (χ0v) is 16.9. The first kappa shape index (κ1) is 20.4. The van der Waals surface area contributed by atoms with Crippen molar-refractivity contribution in [3.8, 4) is 0 Å². The summed E-state index contributed by atoms with van der Waals surface area (Å²) in [5.41, 5.74) is 12.5. The van der Waals surface area contributed by atoms with Crippen molar-refractivity contribution < 1.29 is 9.63 Å². The first-order valence-corrected chi connectivity index (χ1v) is 11.1. The summed E-state index contributed by atoms with van der Waals surface area (Å²) in [6.07, 6.45) is 7.30. The molecule has 4 unspecified atom stereocenters. The maximum Gasteiger partial charge on any atom is 0.239 e. The van der Waals surface area contributed by atoms with Crippen molar-refractivity contribution in [2.24, 2.45) is 11.7 Å². The predicted octanol–water partition coefficient (Wildman–Crippen LogP) is 0.960. The Morgan fingerprint density at radius 1 is 1.35 bits per heavy atom. The van der Waals surface area contributed by atoms with Crippen LogP contribution in [0.2, 0.25) is 0 Å². The average molecular weight is 386 g/mol. The van der Waals surface area contributed by atoms with Gasteiger partial charge in [0.15, 0.2) is 0 Å². The molecule has 1 aliphatic carbocycles. The van der Waals surface area contributed by atoms with Gasteiger partial charge in [0, 0.05) is 31.3 Å². The zero-order chi connectivity index (χ0) is 18.5. The number of hydrogen-bond donors (Lipinski definition) is 4. The molecule has 8 heteroatoms. The van der Waals surface area contributed by atoms with Gasteiger partial charge in [-0.1, -0.05) is 33.1 Å². The number of hydrazine groups is 1. The Morgan fingerprint density at radius 2 is 2.12 bits per heavy atom. The van der Waals surface area contributed by atoms with Crippen molar-refractivity contribution in [2.45, 2.75) is 81.2 Å². The van der Waals surface area contributed by atoms with Gasteiger partial charge in [-0.15, -0.1) is 11.8 Å². The molecule has 3 aliphatic rings. The van der Waals surface area contributed by atoms with E-state index in [1.807, 2.05) is 0 Å². The Labute approximate surface area is 161 Å². The van der Waals surface area contributed by atoms with E-state index < -0.39 is 0 Å². The lowest BCUT2D eigenvalue weighted by Crippen LogP contribution is -2.47. The monoisotopic (exact) mass is 385 g/mol. The van der Waals surface area contributed by atoms with E-state index in [9.17, 15) is 4.79 Å². The molecule has 1 amide bonds. The third kappa shape index (κ3) is 5.81. The summed E-state index contributed by atoms with van der Waals surface area (Å²) < 4.78 is 0. The number of hydrogen-bond acceptors (Lipinski definition) is 7. The predicted molar refractivity (Wildman–Crippen MR) is 105 cm³/mol. The third-order valence-electron chi connectivity index (χ3n) is 5.49. The molecule has 150 valence electrons. The van der Waals surface area contributed by atoms with E-state index in [-0.39, 0.29) is 29.5 Å². The maximum absolute atomic E-state index is 12.5. The molecule has 0 radical (unpaired) electrons. The number of thioether (sulfide) groups is 1. The molecule has 2 saturated heterocycles. The van der Waals surface area contributed by atoms with Crippen LogP contribution in [0.1, 0.15) is 52.4 Å². The van der Waals surface area contributed by atoms with Crippen molar-refractivity contribution >= 4 is 17.7 Å². The fourth-order valence-electron chi connectivity index (χ4n) is 4.12. The van der Waals surface area contributed by atoms with Gasteiger partial charge in [0.1, 0.15) is 12.1 Å². The molecule has 1 saturated carbocycles. The van der Waals surface area contributed by atoms with Crippen molar-refractivity contribution in [1.82, 2.24) is 21.2 Å². The van der Waals surface area contributed by atoms with Gasteiger partial charge in [-0.05, 0) is 18.8 Å². The molecule has 0 bridgehead atoms. The standard InChI is InChI=1S/C18H35N5O2S/c1-12(2)26-17(19)16-8-15(22-25-16)18(24)21-14-9-20-23(11-14)10-13-6-4-3-5-7-13/h12-17,20,22H,3-11,19H2,1-2H3,(H,21,24). The summed E-state index contributed by atoms with van der Waals surface area (Å²) in [5, 5.41) is 5.78. The smallest absolute Gasteiger partial charge is 0.239 e. The first-order chi connectivity index (χ1) is 12.5. The van der Waals surface area contributed by atoms with E-state index >= 15 is 0 Å². The minimum Gasteiger partial charge on any atom is -0.349 e. The number of nitrogens with zero attached hydrogens (tertiary/aromatic N) is 1. The molecule has 7 nitrogen and oxygen atoms in total. The van der Waals surface area contributed by atoms with Gasteiger partial charge in [-0.2, -0.15) is 5.48 Å². The molecule has 3 rings (SSSR count). The summed E-state index contributed by atoms with van der Waals surface area (Å²) in [5.74, 6) is 0.817. The van der Waals surface area contributed by atoms with Gasteiger partial charge in [0.2, 0.25) is 5.91 Å². The number of carbonyl (C=O) groups excluding carboxylic acids is 1. The molecule has 3 fully saturated rings. The van der Waals surface area contributed by atoms with Crippen LogP contribution in [0.5, 0.6) is 0 Å². The molecular weight excluding hydrogens is 350 g/mol. The number of amides is 1. The van der Waals surface area contributed by atoms with Gasteiger partial charge in [-0.25, -0.2) is 5.01 Å². The highest BCUT2D eigenvalue weighted by molar-refractivity contribution is 8.00. The molecule has 0 aromatic carbocycles. The minimum absolute atomic E-state index is 0.0144. The first-order valence-electron chi connectivity index (χ1n) is 10.1. The number of nitrogens with two attached hydrogens (primary N) is 1. The highest BCUT2D eigenvalue weighted by atomic mass is 32.2. The van der Waals surface area contributed by atoms with Crippen molar-refractivity contribution in [3.63, 3.8) is 0 Å². The summed E-state index contributed by atoms with van der Waals surface area (Å²) in [7, 11) is 0. The van der Waals surface area contributed by atoms with Gasteiger partial charge in [-0.3, -0.25) is 15.1 Å². The Kier molecular flexibility index (Phi) is 7.60. The van der Waals surface area contributed by atoms with Crippen LogP contribution in [0.3, 0.4) is 0 Å². The van der Waals surface area contributed by atoms with E-state index in [1.54, 1.807) is 11.8 Å². The summed E-state index contributed by atoms with van der Waals surface area (Å²) in [6.45, 7) is 7.01. The molecule has 26 heavy (non-hydrogen) atoms. The number of nitrogens with one attached hydrogen (secondary N) is 3. The van der Waals surface area contributed by atoms with Crippen LogP contribution in [0.4, 0.5) is 0 Å². The van der Waals surface area contributed by atoms with Gasteiger partial charge >= 0.3 is 0 Å². The second kappa shape index (κ2) is 9.71. The molecule has 2 aliphatic heterocycles. The van der Waals surface area contributed by atoms with Crippen LogP contribution in [0.15, 0.2) is 0 Å². The highest BCUT2D eigenvalue weighted by Crippen LogP contribution is 2.25. The van der Waals surface area contributed by atoms with E-state index in [0.717, 1.165) is 25.6 Å². The summed E-state index contributed by atoms with van der Waals surface area (Å²) in [6, 6.07) is -0.156. The largest absolute Gasteiger partial charge is 0.349 e. The fraction of sp³-hybridized carbons (Fsp3) is 0.944. The van der Waals surface area contributed by atoms with Crippen molar-refractivity contribution in [1.29, 1.82) is 0 Å². The molecular formula is C18H35N5O2S. The van der Waals surface area contributed by atoms with E-state index in [0.29, 0.717) is 11.7 Å². The lowest BCUT2D eigenvalue weighted by molar-refractivity contribution is -0.124. The Bertz CT molecular complexity index is 461. The van der Waals surface area contributed by atoms with E-state index in [2.05, 4.69) is 35.1 Å². The van der Waals surface area contributed by atoms with E-state index in [1.165, 1.54) is 32.1 Å². The van der Waals surface area contributed by atoms with Crippen LogP contribution in [-0.4, -0.2) is 59.4 Å². The number of rotatable bonds is 7. The topological polar surface area (TPSA) is 91.7 Å². The van der Waals surface area contributed by atoms with Crippen molar-refractivity contribution in [3.05, 3.63) is 0 Å². The zero-order valence-electron chi connectivity index (χ0n) is 16.1. The van der Waals surface area contributed by atoms with Crippen molar-refractivity contribution in [2.75, 3.05) is 19.6 Å². The van der Waals surface area contributed by atoms with Gasteiger partial charge in [0.25, 0.3) is 0 Å². The molecule has 0 spiro atoms. The Balaban J connectivity index is 1.37. The second-order valence-corrected chi connectivity index (χ2v) is 9.95. The quantitative estimate of drug-likeness (QED) is 0.485. The van der Waals surface area contributed by atoms with E-state index in [4.69, 9.17) is 10.6 Å². The fourth-order valence-corrected chi connectivity index (χ4v) is 5.09. The molecule has 2 heterocycles. The highest BCUT2D eigenvalue weighted by Gasteiger charge is 2.36. The van der Waals surface area contributed by atoms with Crippen LogP contribution >= 0.6 is 11.8 Å². The van der Waals surface area contributed by atoms with Crippen LogP contribution in [0.25, 0.3) is 0 Å². The second-order valence-electron chi connectivity index (χ2n) is 8.19. The molecule has 0 aromatic rings. The molecule has 0 aromatic heterocycles. The third-order valence-corrected chi connectivity index (χ3v) is 6.66. The van der Waals surface area contributed by atoms with Crippen LogP contribution < -0.4 is 22.0 Å². The average Bonchev–Trinajstić information content (AvgIpc) is 3.25. The van der Waals surface area contributed by atoms with Gasteiger partial charge < -0.3 is 11.1 Å². The van der Waals surface area contributed by atoms with Gasteiger partial charge in [0.05, 0.1) is 11.4 Å². The van der Waals surface area contributed by atoms with Crippen LogP contribution in [0, 0.1) is 5.92 Å². The SMILES string of the molecule is CC(C)SC(N)C1CC(C(=O)NC2CNN(CC3CCCCC3)C2)NO1. The van der Waals surface area contributed by atoms with Crippen LogP contribution in [-0.2, 0) is 9.63 Å². The Hall–Kier alpha value is -0.380. The normalized spacial score (nSPS) is 32.2. The molecule has 4 atom stereocenters.